The van der Waals surface area contributed by atoms with Gasteiger partial charge < -0.3 is 19.1 Å². The minimum absolute atomic E-state index is 0.0700. The lowest BCUT2D eigenvalue weighted by atomic mass is 10.1. The Morgan fingerprint density at radius 3 is 2.58 bits per heavy atom. The molecule has 1 amide bonds. The van der Waals surface area contributed by atoms with Gasteiger partial charge in [0.05, 0.1) is 13.7 Å². The maximum atomic E-state index is 12.5. The second-order valence-electron chi connectivity index (χ2n) is 5.64. The number of hydrogen-bond donors (Lipinski definition) is 0. The van der Waals surface area contributed by atoms with E-state index in [4.69, 9.17) is 9.47 Å². The summed E-state index contributed by atoms with van der Waals surface area (Å²) in [6.45, 7) is -0.302. The summed E-state index contributed by atoms with van der Waals surface area (Å²) in [5, 5.41) is 0. The van der Waals surface area contributed by atoms with Crippen LogP contribution >= 0.6 is 0 Å². The van der Waals surface area contributed by atoms with Crippen LogP contribution in [-0.4, -0.2) is 44.7 Å². The van der Waals surface area contributed by atoms with Gasteiger partial charge in [0, 0.05) is 12.6 Å². The van der Waals surface area contributed by atoms with Gasteiger partial charge in [0.25, 0.3) is 5.91 Å². The third kappa shape index (κ3) is 5.34. The first kappa shape index (κ1) is 19.5. The van der Waals surface area contributed by atoms with Crippen molar-refractivity contribution in [2.24, 2.45) is 0 Å². The number of hydrogen-bond acceptors (Lipinski definition) is 4. The Bertz CT molecular complexity index is 752. The molecule has 2 aromatic rings. The van der Waals surface area contributed by atoms with Crippen LogP contribution in [0, 0.1) is 6.92 Å². The molecule has 26 heavy (non-hydrogen) atoms. The Morgan fingerprint density at radius 2 is 1.92 bits per heavy atom. The second-order valence-corrected chi connectivity index (χ2v) is 5.64. The third-order valence-corrected chi connectivity index (χ3v) is 3.66. The fourth-order valence-electron chi connectivity index (χ4n) is 2.32. The zero-order valence-electron chi connectivity index (χ0n) is 14.9. The van der Waals surface area contributed by atoms with E-state index in [0.717, 1.165) is 11.3 Å². The van der Waals surface area contributed by atoms with Crippen LogP contribution in [0.2, 0.25) is 0 Å². The highest BCUT2D eigenvalue weighted by Crippen LogP contribution is 2.29. The molecule has 0 aliphatic rings. The van der Waals surface area contributed by atoms with Gasteiger partial charge in [0.1, 0.15) is 12.4 Å². The van der Waals surface area contributed by atoms with E-state index >= 15 is 0 Å². The number of rotatable bonds is 8. The Kier molecular flexibility index (Phi) is 6.77. The maximum Gasteiger partial charge on any atom is 0.387 e. The zero-order valence-corrected chi connectivity index (χ0v) is 14.9. The van der Waals surface area contributed by atoms with Crippen LogP contribution in [0.1, 0.15) is 15.9 Å². The number of nitrogens with zero attached hydrogens (tertiary/aromatic N) is 1. The van der Waals surface area contributed by atoms with Crippen molar-refractivity contribution in [2.45, 2.75) is 13.5 Å². The van der Waals surface area contributed by atoms with Crippen molar-refractivity contribution in [3.8, 4) is 17.2 Å². The number of methoxy groups -OCH3 is 1. The van der Waals surface area contributed by atoms with Crippen LogP contribution in [0.25, 0.3) is 0 Å². The van der Waals surface area contributed by atoms with Gasteiger partial charge in [-0.05, 0) is 42.8 Å². The minimum Gasteiger partial charge on any atom is -0.493 e. The Hall–Kier alpha value is -2.83. The molecule has 0 fully saturated rings. The molecule has 0 aliphatic heterocycles. The van der Waals surface area contributed by atoms with Crippen LogP contribution in [-0.2, 0) is 0 Å². The molecule has 0 bridgehead atoms. The van der Waals surface area contributed by atoms with Crippen LogP contribution < -0.4 is 14.2 Å². The van der Waals surface area contributed by atoms with Crippen LogP contribution in [0.5, 0.6) is 17.2 Å². The van der Waals surface area contributed by atoms with E-state index in [1.54, 1.807) is 7.05 Å². The van der Waals surface area contributed by atoms with Gasteiger partial charge in [-0.1, -0.05) is 12.1 Å². The van der Waals surface area contributed by atoms with E-state index in [1.807, 2.05) is 31.2 Å². The number of alkyl halides is 2. The molecular weight excluding hydrogens is 344 g/mol. The molecule has 0 unspecified atom stereocenters. The first-order valence-electron chi connectivity index (χ1n) is 7.98. The molecule has 7 heteroatoms. The summed E-state index contributed by atoms with van der Waals surface area (Å²) in [6, 6.07) is 11.7. The topological polar surface area (TPSA) is 48.0 Å². The average molecular weight is 365 g/mol. The van der Waals surface area contributed by atoms with Crippen molar-refractivity contribution in [2.75, 3.05) is 27.3 Å². The van der Waals surface area contributed by atoms with Crippen LogP contribution in [0.4, 0.5) is 8.78 Å². The normalized spacial score (nSPS) is 10.5. The molecule has 0 saturated heterocycles. The monoisotopic (exact) mass is 365 g/mol. The number of halogens is 2. The average Bonchev–Trinajstić information content (AvgIpc) is 2.61. The highest BCUT2D eigenvalue weighted by Gasteiger charge is 2.16. The number of ether oxygens (including phenoxy) is 3. The number of amides is 1. The maximum absolute atomic E-state index is 12.5. The lowest BCUT2D eigenvalue weighted by Gasteiger charge is -2.18. The summed E-state index contributed by atoms with van der Waals surface area (Å²) >= 11 is 0. The molecule has 2 rings (SSSR count). The molecule has 0 aromatic heterocycles. The standard InChI is InChI=1S/C19H21F2NO4/c1-13-5-4-6-15(11-13)25-10-9-22(2)18(23)14-7-8-16(26-19(20)21)17(12-14)24-3/h4-8,11-12,19H,9-10H2,1-3H3. The van der Waals surface area contributed by atoms with E-state index in [1.165, 1.54) is 30.2 Å². The lowest BCUT2D eigenvalue weighted by Crippen LogP contribution is -2.30. The molecule has 140 valence electrons. The number of benzene rings is 2. The number of aryl methyl sites for hydroxylation is 1. The predicted octanol–water partition coefficient (Wildman–Crippen LogP) is 3.76. The first-order valence-corrected chi connectivity index (χ1v) is 7.98. The summed E-state index contributed by atoms with van der Waals surface area (Å²) < 4.78 is 39.7. The van der Waals surface area contributed by atoms with E-state index in [0.29, 0.717) is 18.7 Å². The van der Waals surface area contributed by atoms with E-state index in [2.05, 4.69) is 4.74 Å². The van der Waals surface area contributed by atoms with Crippen molar-refractivity contribution in [1.29, 1.82) is 0 Å². The summed E-state index contributed by atoms with van der Waals surface area (Å²) in [4.78, 5) is 14.0. The minimum atomic E-state index is -2.97. The molecule has 0 atom stereocenters. The number of carbonyl (C=O) groups is 1. The molecule has 0 heterocycles. The molecule has 0 saturated carbocycles. The van der Waals surface area contributed by atoms with Crippen molar-refractivity contribution in [3.05, 3.63) is 53.6 Å². The van der Waals surface area contributed by atoms with Gasteiger partial charge >= 0.3 is 6.61 Å². The van der Waals surface area contributed by atoms with E-state index in [-0.39, 0.29) is 17.4 Å². The first-order chi connectivity index (χ1) is 12.4. The Morgan fingerprint density at radius 1 is 1.15 bits per heavy atom. The van der Waals surface area contributed by atoms with Gasteiger partial charge in [-0.3, -0.25) is 4.79 Å². The van der Waals surface area contributed by atoms with Gasteiger partial charge in [0.2, 0.25) is 0 Å². The molecule has 0 N–H and O–H groups in total. The predicted molar refractivity (Wildman–Crippen MR) is 93.3 cm³/mol. The molecule has 0 radical (unpaired) electrons. The van der Waals surface area contributed by atoms with Crippen LogP contribution in [0.15, 0.2) is 42.5 Å². The molecule has 0 aliphatic carbocycles. The third-order valence-electron chi connectivity index (χ3n) is 3.66. The highest BCUT2D eigenvalue weighted by molar-refractivity contribution is 5.94. The van der Waals surface area contributed by atoms with Gasteiger partial charge in [-0.25, -0.2) is 0 Å². The Balaban J connectivity index is 1.96. The van der Waals surface area contributed by atoms with Gasteiger partial charge in [-0.15, -0.1) is 0 Å². The quantitative estimate of drug-likeness (QED) is 0.715. The SMILES string of the molecule is COc1cc(C(=O)N(C)CCOc2cccc(C)c2)ccc1OC(F)F. The van der Waals surface area contributed by atoms with E-state index < -0.39 is 6.61 Å². The largest absolute Gasteiger partial charge is 0.493 e. The Labute approximate surface area is 151 Å². The fourth-order valence-corrected chi connectivity index (χ4v) is 2.32. The van der Waals surface area contributed by atoms with Gasteiger partial charge in [-0.2, -0.15) is 8.78 Å². The summed E-state index contributed by atoms with van der Waals surface area (Å²) in [5.41, 5.74) is 1.40. The summed E-state index contributed by atoms with van der Waals surface area (Å²) in [7, 11) is 2.96. The molecule has 5 nitrogen and oxygen atoms in total. The van der Waals surface area contributed by atoms with Gasteiger partial charge in [0.15, 0.2) is 11.5 Å². The second kappa shape index (κ2) is 9.03. The lowest BCUT2D eigenvalue weighted by molar-refractivity contribution is -0.0512. The number of likely N-dealkylation sites (N-methyl/N-ethyl adjacent to an activating group) is 1. The fraction of sp³-hybridized carbons (Fsp3) is 0.316. The van der Waals surface area contributed by atoms with Crippen molar-refractivity contribution in [1.82, 2.24) is 4.90 Å². The number of carbonyl (C=O) groups excluding carboxylic acids is 1. The van der Waals surface area contributed by atoms with E-state index in [9.17, 15) is 13.6 Å². The smallest absolute Gasteiger partial charge is 0.387 e. The van der Waals surface area contributed by atoms with Crippen molar-refractivity contribution in [3.63, 3.8) is 0 Å². The highest BCUT2D eigenvalue weighted by atomic mass is 19.3. The summed E-state index contributed by atoms with van der Waals surface area (Å²) in [6.07, 6.45) is 0. The van der Waals surface area contributed by atoms with Crippen molar-refractivity contribution < 1.29 is 27.8 Å². The van der Waals surface area contributed by atoms with Crippen molar-refractivity contribution >= 4 is 5.91 Å². The summed E-state index contributed by atoms with van der Waals surface area (Å²) in [5.74, 6) is 0.408. The molecular formula is C19H21F2NO4. The molecule has 2 aromatic carbocycles. The zero-order chi connectivity index (χ0) is 19.1. The van der Waals surface area contributed by atoms with Crippen LogP contribution in [0.3, 0.4) is 0 Å². The molecule has 0 spiro atoms.